The molecule has 2 aromatic rings. The fraction of sp³-hybridized carbons (Fsp3) is 0.308. The Bertz CT molecular complexity index is 551. The van der Waals surface area contributed by atoms with Gasteiger partial charge < -0.3 is 10.1 Å². The molecule has 0 unspecified atom stereocenters. The van der Waals surface area contributed by atoms with Crippen molar-refractivity contribution < 1.29 is 17.9 Å². The van der Waals surface area contributed by atoms with Gasteiger partial charge in [-0.25, -0.2) is 4.98 Å². The lowest BCUT2D eigenvalue weighted by molar-refractivity contribution is -0.137. The monoisotopic (exact) mass is 302 g/mol. The van der Waals surface area contributed by atoms with Crippen LogP contribution in [0.4, 0.5) is 18.3 Å². The van der Waals surface area contributed by atoms with Crippen LogP contribution in [0.1, 0.15) is 5.56 Å². The van der Waals surface area contributed by atoms with Crippen LogP contribution in [-0.4, -0.2) is 25.2 Å². The Morgan fingerprint density at radius 1 is 1.25 bits per heavy atom. The zero-order valence-corrected chi connectivity index (χ0v) is 11.5. The number of halogens is 3. The van der Waals surface area contributed by atoms with Gasteiger partial charge in [0.2, 0.25) is 0 Å². The molecule has 20 heavy (non-hydrogen) atoms. The van der Waals surface area contributed by atoms with E-state index in [0.717, 1.165) is 27.7 Å². The van der Waals surface area contributed by atoms with Crippen LogP contribution >= 0.6 is 11.3 Å². The van der Waals surface area contributed by atoms with E-state index in [1.807, 2.05) is 0 Å². The first-order chi connectivity index (χ1) is 9.50. The Morgan fingerprint density at radius 2 is 1.95 bits per heavy atom. The molecule has 108 valence electrons. The Balaban J connectivity index is 2.08. The van der Waals surface area contributed by atoms with Crippen molar-refractivity contribution in [2.75, 3.05) is 25.6 Å². The van der Waals surface area contributed by atoms with E-state index in [2.05, 4.69) is 10.3 Å². The van der Waals surface area contributed by atoms with E-state index in [9.17, 15) is 13.2 Å². The van der Waals surface area contributed by atoms with Crippen LogP contribution in [0.3, 0.4) is 0 Å². The molecule has 0 radical (unpaired) electrons. The minimum absolute atomic E-state index is 0.565. The first kappa shape index (κ1) is 14.8. The first-order valence-corrected chi connectivity index (χ1v) is 6.68. The van der Waals surface area contributed by atoms with Crippen molar-refractivity contribution in [2.45, 2.75) is 6.18 Å². The van der Waals surface area contributed by atoms with Crippen LogP contribution < -0.4 is 5.32 Å². The Labute approximate surface area is 118 Å². The molecule has 0 atom stereocenters. The Kier molecular flexibility index (Phi) is 4.61. The lowest BCUT2D eigenvalue weighted by atomic mass is 10.1. The molecule has 0 saturated heterocycles. The molecule has 1 aromatic heterocycles. The number of benzene rings is 1. The highest BCUT2D eigenvalue weighted by Gasteiger charge is 2.30. The minimum Gasteiger partial charge on any atom is -0.383 e. The third-order valence-corrected chi connectivity index (χ3v) is 3.59. The van der Waals surface area contributed by atoms with Crippen LogP contribution in [0.2, 0.25) is 0 Å². The van der Waals surface area contributed by atoms with Gasteiger partial charge in [0.15, 0.2) is 5.13 Å². The van der Waals surface area contributed by atoms with E-state index in [0.29, 0.717) is 13.2 Å². The normalized spacial score (nSPS) is 11.6. The molecular formula is C13H13F3N2OS. The smallest absolute Gasteiger partial charge is 0.383 e. The van der Waals surface area contributed by atoms with Crippen molar-refractivity contribution in [1.82, 2.24) is 4.98 Å². The summed E-state index contributed by atoms with van der Waals surface area (Å²) < 4.78 is 42.3. The quantitative estimate of drug-likeness (QED) is 0.851. The highest BCUT2D eigenvalue weighted by molar-refractivity contribution is 7.18. The van der Waals surface area contributed by atoms with E-state index in [-0.39, 0.29) is 0 Å². The predicted molar refractivity (Wildman–Crippen MR) is 72.9 cm³/mol. The van der Waals surface area contributed by atoms with Crippen LogP contribution in [0.15, 0.2) is 30.5 Å². The van der Waals surface area contributed by atoms with Crippen molar-refractivity contribution >= 4 is 16.5 Å². The fourth-order valence-electron chi connectivity index (χ4n) is 1.57. The van der Waals surface area contributed by atoms with E-state index in [1.165, 1.54) is 23.5 Å². The van der Waals surface area contributed by atoms with E-state index in [1.54, 1.807) is 13.3 Å². The third kappa shape index (κ3) is 3.71. The minimum atomic E-state index is -4.31. The molecule has 3 nitrogen and oxygen atoms in total. The molecule has 0 amide bonds. The molecule has 1 aromatic carbocycles. The summed E-state index contributed by atoms with van der Waals surface area (Å²) in [6.45, 7) is 1.20. The molecule has 0 bridgehead atoms. The average Bonchev–Trinajstić information content (AvgIpc) is 2.87. The summed E-state index contributed by atoms with van der Waals surface area (Å²) in [7, 11) is 1.61. The zero-order valence-electron chi connectivity index (χ0n) is 10.7. The molecule has 0 spiro atoms. The van der Waals surface area contributed by atoms with Gasteiger partial charge in [-0.05, 0) is 17.7 Å². The van der Waals surface area contributed by atoms with Gasteiger partial charge in [-0.15, -0.1) is 0 Å². The molecule has 0 aliphatic rings. The van der Waals surface area contributed by atoms with E-state index >= 15 is 0 Å². The molecule has 1 heterocycles. The number of ether oxygens (including phenoxy) is 1. The number of nitrogens with one attached hydrogen (secondary N) is 1. The molecule has 0 fully saturated rings. The van der Waals surface area contributed by atoms with Crippen LogP contribution in [-0.2, 0) is 10.9 Å². The first-order valence-electron chi connectivity index (χ1n) is 5.87. The van der Waals surface area contributed by atoms with Crippen LogP contribution in [0.25, 0.3) is 10.4 Å². The second kappa shape index (κ2) is 6.23. The van der Waals surface area contributed by atoms with Crippen molar-refractivity contribution in [1.29, 1.82) is 0 Å². The fourth-order valence-corrected chi connectivity index (χ4v) is 2.42. The number of nitrogens with zero attached hydrogens (tertiary/aromatic N) is 1. The number of rotatable bonds is 5. The van der Waals surface area contributed by atoms with Gasteiger partial charge in [-0.2, -0.15) is 13.2 Å². The summed E-state index contributed by atoms with van der Waals surface area (Å²) >= 11 is 1.39. The van der Waals surface area contributed by atoms with Crippen molar-refractivity contribution in [3.05, 3.63) is 36.0 Å². The number of hydrogen-bond acceptors (Lipinski definition) is 4. The van der Waals surface area contributed by atoms with E-state index < -0.39 is 11.7 Å². The summed E-state index contributed by atoms with van der Waals surface area (Å²) in [6, 6.07) is 5.06. The lowest BCUT2D eigenvalue weighted by Crippen LogP contribution is -2.06. The standard InChI is InChI=1S/C13H13F3N2OS/c1-19-7-6-17-12-18-8-11(20-12)9-2-4-10(5-3-9)13(14,15)16/h2-5,8H,6-7H2,1H3,(H,17,18). The highest BCUT2D eigenvalue weighted by Crippen LogP contribution is 2.33. The maximum atomic E-state index is 12.5. The van der Waals surface area contributed by atoms with Crippen molar-refractivity contribution in [3.8, 4) is 10.4 Å². The van der Waals surface area contributed by atoms with Crippen molar-refractivity contribution in [2.24, 2.45) is 0 Å². The molecule has 0 aliphatic heterocycles. The second-order valence-corrected chi connectivity index (χ2v) is 5.05. The summed E-state index contributed by atoms with van der Waals surface area (Å²) in [5.41, 5.74) is 0.0690. The summed E-state index contributed by atoms with van der Waals surface area (Å²) in [5, 5.41) is 3.79. The molecule has 2 rings (SSSR count). The van der Waals surface area contributed by atoms with Gasteiger partial charge >= 0.3 is 6.18 Å². The van der Waals surface area contributed by atoms with Gasteiger partial charge in [0.25, 0.3) is 0 Å². The SMILES string of the molecule is COCCNc1ncc(-c2ccc(C(F)(F)F)cc2)s1. The maximum absolute atomic E-state index is 12.5. The maximum Gasteiger partial charge on any atom is 0.416 e. The molecule has 0 saturated carbocycles. The Hall–Kier alpha value is -1.60. The highest BCUT2D eigenvalue weighted by atomic mass is 32.1. The van der Waals surface area contributed by atoms with Crippen molar-refractivity contribution in [3.63, 3.8) is 0 Å². The number of anilines is 1. The average molecular weight is 302 g/mol. The number of methoxy groups -OCH3 is 1. The number of alkyl halides is 3. The van der Waals surface area contributed by atoms with Gasteiger partial charge in [0.05, 0.1) is 17.0 Å². The van der Waals surface area contributed by atoms with Gasteiger partial charge in [0, 0.05) is 19.9 Å². The lowest BCUT2D eigenvalue weighted by Gasteiger charge is -2.06. The number of aromatic nitrogens is 1. The summed E-state index contributed by atoms with van der Waals surface area (Å²) in [4.78, 5) is 4.98. The molecule has 7 heteroatoms. The molecule has 0 aliphatic carbocycles. The summed E-state index contributed by atoms with van der Waals surface area (Å²) in [5.74, 6) is 0. The molecular weight excluding hydrogens is 289 g/mol. The van der Waals surface area contributed by atoms with Gasteiger partial charge in [0.1, 0.15) is 0 Å². The topological polar surface area (TPSA) is 34.1 Å². The number of thiazole rings is 1. The van der Waals surface area contributed by atoms with Crippen LogP contribution in [0.5, 0.6) is 0 Å². The number of hydrogen-bond donors (Lipinski definition) is 1. The van der Waals surface area contributed by atoms with Gasteiger partial charge in [-0.3, -0.25) is 0 Å². The second-order valence-electron chi connectivity index (χ2n) is 4.02. The van der Waals surface area contributed by atoms with Crippen LogP contribution in [0, 0.1) is 0 Å². The van der Waals surface area contributed by atoms with Gasteiger partial charge in [-0.1, -0.05) is 23.5 Å². The largest absolute Gasteiger partial charge is 0.416 e. The van der Waals surface area contributed by atoms with E-state index in [4.69, 9.17) is 4.74 Å². The summed E-state index contributed by atoms with van der Waals surface area (Å²) in [6.07, 6.45) is -2.67. The predicted octanol–water partition coefficient (Wildman–Crippen LogP) is 3.89. The Morgan fingerprint density at radius 3 is 2.55 bits per heavy atom. The molecule has 1 N–H and O–H groups in total. The third-order valence-electron chi connectivity index (χ3n) is 2.58. The zero-order chi connectivity index (χ0) is 14.6.